The molecule has 0 radical (unpaired) electrons. The molecule has 0 aliphatic heterocycles. The number of nitrogens with two attached hydrogens (primary N) is 1. The van der Waals surface area contributed by atoms with E-state index in [2.05, 4.69) is 6.07 Å². The Morgan fingerprint density at radius 1 is 1.58 bits per heavy atom. The average Bonchev–Trinajstić information content (AvgIpc) is 2.41. The third-order valence-electron chi connectivity index (χ3n) is 2.67. The quantitative estimate of drug-likeness (QED) is 0.790. The van der Waals surface area contributed by atoms with Gasteiger partial charge in [-0.1, -0.05) is 6.07 Å². The van der Waals surface area contributed by atoms with Gasteiger partial charge in [-0.2, -0.15) is 5.26 Å². The van der Waals surface area contributed by atoms with Crippen LogP contribution < -0.4 is 10.5 Å². The number of rotatable bonds is 6. The van der Waals surface area contributed by atoms with Crippen LogP contribution in [0.3, 0.4) is 0 Å². The highest BCUT2D eigenvalue weighted by molar-refractivity contribution is 5.77. The molecule has 1 unspecified atom stereocenters. The summed E-state index contributed by atoms with van der Waals surface area (Å²) in [5.74, 6) is 0.251. The van der Waals surface area contributed by atoms with E-state index >= 15 is 0 Å². The molecule has 0 aliphatic carbocycles. The molecule has 5 heteroatoms. The number of hydrogen-bond acceptors (Lipinski definition) is 4. The third-order valence-corrected chi connectivity index (χ3v) is 2.67. The number of nitrogen functional groups attached to an aromatic ring is 1. The number of benzene rings is 1. The zero-order valence-corrected chi connectivity index (χ0v) is 11.3. The molecule has 0 spiro atoms. The number of carbonyl (C=O) groups is 1. The van der Waals surface area contributed by atoms with E-state index in [-0.39, 0.29) is 18.4 Å². The van der Waals surface area contributed by atoms with Crippen LogP contribution in [-0.2, 0) is 4.79 Å². The maximum Gasteiger partial charge on any atom is 0.260 e. The number of nitriles is 1. The Bertz CT molecular complexity index is 468. The van der Waals surface area contributed by atoms with Crippen molar-refractivity contribution in [3.8, 4) is 11.8 Å². The van der Waals surface area contributed by atoms with Crippen LogP contribution in [0.2, 0.25) is 0 Å². The lowest BCUT2D eigenvalue weighted by atomic mass is 10.2. The van der Waals surface area contributed by atoms with Gasteiger partial charge in [0.1, 0.15) is 5.75 Å². The van der Waals surface area contributed by atoms with Gasteiger partial charge in [0.15, 0.2) is 6.61 Å². The Labute approximate surface area is 113 Å². The number of likely N-dealkylation sites (N-methyl/N-ethyl adjacent to an activating group) is 1. The second kappa shape index (κ2) is 7.27. The van der Waals surface area contributed by atoms with Crippen LogP contribution >= 0.6 is 0 Å². The molecule has 5 nitrogen and oxygen atoms in total. The summed E-state index contributed by atoms with van der Waals surface area (Å²) < 4.78 is 5.39. The standard InChI is InChI=1S/C14H19N3O2/c1-3-17(9-11(2)8-15)14(18)10-19-13-6-4-5-12(16)7-13/h4-7,11H,3,9-10,16H2,1-2H3. The smallest absolute Gasteiger partial charge is 0.260 e. The second-order valence-electron chi connectivity index (χ2n) is 4.32. The molecule has 0 saturated heterocycles. The van der Waals surface area contributed by atoms with Crippen molar-refractivity contribution in [2.24, 2.45) is 5.92 Å². The summed E-state index contributed by atoms with van der Waals surface area (Å²) in [7, 11) is 0. The van der Waals surface area contributed by atoms with E-state index in [9.17, 15) is 4.79 Å². The average molecular weight is 261 g/mol. The first-order valence-corrected chi connectivity index (χ1v) is 6.22. The van der Waals surface area contributed by atoms with Gasteiger partial charge in [-0.3, -0.25) is 4.79 Å². The Balaban J connectivity index is 2.51. The van der Waals surface area contributed by atoms with Gasteiger partial charge >= 0.3 is 0 Å². The summed E-state index contributed by atoms with van der Waals surface area (Å²) in [6, 6.07) is 9.05. The van der Waals surface area contributed by atoms with Crippen LogP contribution in [0, 0.1) is 17.2 Å². The maximum atomic E-state index is 11.9. The highest BCUT2D eigenvalue weighted by Crippen LogP contribution is 2.14. The van der Waals surface area contributed by atoms with Crippen LogP contribution in [0.1, 0.15) is 13.8 Å². The number of amides is 1. The predicted octanol–water partition coefficient (Wildman–Crippen LogP) is 1.66. The van der Waals surface area contributed by atoms with Gasteiger partial charge in [-0.25, -0.2) is 0 Å². The summed E-state index contributed by atoms with van der Waals surface area (Å²) >= 11 is 0. The lowest BCUT2D eigenvalue weighted by Crippen LogP contribution is -2.37. The van der Waals surface area contributed by atoms with Gasteiger partial charge < -0.3 is 15.4 Å². The summed E-state index contributed by atoms with van der Waals surface area (Å²) in [5, 5.41) is 8.77. The summed E-state index contributed by atoms with van der Waals surface area (Å²) in [4.78, 5) is 13.6. The summed E-state index contributed by atoms with van der Waals surface area (Å²) in [6.45, 7) is 4.60. The zero-order valence-electron chi connectivity index (χ0n) is 11.3. The van der Waals surface area contributed by atoms with Crippen molar-refractivity contribution < 1.29 is 9.53 Å². The summed E-state index contributed by atoms with van der Waals surface area (Å²) in [5.41, 5.74) is 6.22. The van der Waals surface area contributed by atoms with Gasteiger partial charge in [0.25, 0.3) is 5.91 Å². The van der Waals surface area contributed by atoms with Crippen molar-refractivity contribution in [1.82, 2.24) is 4.90 Å². The molecule has 1 aromatic rings. The fourth-order valence-electron chi connectivity index (χ4n) is 1.62. The van der Waals surface area contributed by atoms with Crippen molar-refractivity contribution in [2.75, 3.05) is 25.4 Å². The fourth-order valence-corrected chi connectivity index (χ4v) is 1.62. The minimum absolute atomic E-state index is 0.0462. The Hall–Kier alpha value is -2.22. The van der Waals surface area contributed by atoms with Crippen molar-refractivity contribution in [1.29, 1.82) is 5.26 Å². The molecular formula is C14H19N3O2. The van der Waals surface area contributed by atoms with Gasteiger partial charge in [-0.05, 0) is 26.0 Å². The zero-order chi connectivity index (χ0) is 14.3. The first kappa shape index (κ1) is 14.8. The van der Waals surface area contributed by atoms with Gasteiger partial charge in [0, 0.05) is 24.8 Å². The van der Waals surface area contributed by atoms with Crippen molar-refractivity contribution >= 4 is 11.6 Å². The molecule has 1 amide bonds. The van der Waals surface area contributed by atoms with Crippen molar-refractivity contribution in [2.45, 2.75) is 13.8 Å². The van der Waals surface area contributed by atoms with Gasteiger partial charge in [0.05, 0.1) is 12.0 Å². The molecule has 1 rings (SSSR count). The largest absolute Gasteiger partial charge is 0.484 e. The molecule has 0 fully saturated rings. The molecular weight excluding hydrogens is 242 g/mol. The van der Waals surface area contributed by atoms with E-state index in [1.165, 1.54) is 0 Å². The van der Waals surface area contributed by atoms with Gasteiger partial charge in [-0.15, -0.1) is 0 Å². The molecule has 0 aliphatic rings. The minimum atomic E-state index is -0.184. The highest BCUT2D eigenvalue weighted by Gasteiger charge is 2.15. The Morgan fingerprint density at radius 3 is 2.89 bits per heavy atom. The number of ether oxygens (including phenoxy) is 1. The molecule has 0 heterocycles. The van der Waals surface area contributed by atoms with Crippen LogP contribution in [0.25, 0.3) is 0 Å². The maximum absolute atomic E-state index is 11.9. The normalized spacial score (nSPS) is 11.4. The molecule has 0 aromatic heterocycles. The number of nitrogens with zero attached hydrogens (tertiary/aromatic N) is 2. The topological polar surface area (TPSA) is 79.3 Å². The number of hydrogen-bond donors (Lipinski definition) is 1. The fraction of sp³-hybridized carbons (Fsp3) is 0.429. The Morgan fingerprint density at radius 2 is 2.32 bits per heavy atom. The lowest BCUT2D eigenvalue weighted by Gasteiger charge is -2.22. The van der Waals surface area contributed by atoms with Crippen LogP contribution in [-0.4, -0.2) is 30.5 Å². The van der Waals surface area contributed by atoms with Crippen molar-refractivity contribution in [3.05, 3.63) is 24.3 Å². The monoisotopic (exact) mass is 261 g/mol. The van der Waals surface area contributed by atoms with Crippen LogP contribution in [0.15, 0.2) is 24.3 Å². The predicted molar refractivity (Wildman–Crippen MR) is 73.4 cm³/mol. The van der Waals surface area contributed by atoms with E-state index in [0.717, 1.165) is 0 Å². The molecule has 1 atom stereocenters. The molecule has 0 bridgehead atoms. The lowest BCUT2D eigenvalue weighted by molar-refractivity contribution is -0.133. The Kier molecular flexibility index (Phi) is 5.68. The molecule has 102 valence electrons. The van der Waals surface area contributed by atoms with E-state index in [4.69, 9.17) is 15.7 Å². The first-order valence-electron chi connectivity index (χ1n) is 6.22. The van der Waals surface area contributed by atoms with Crippen LogP contribution in [0.4, 0.5) is 5.69 Å². The number of anilines is 1. The van der Waals surface area contributed by atoms with E-state index in [1.54, 1.807) is 36.1 Å². The minimum Gasteiger partial charge on any atom is -0.484 e. The molecule has 19 heavy (non-hydrogen) atoms. The SMILES string of the molecule is CCN(CC(C)C#N)C(=O)COc1cccc(N)c1. The van der Waals surface area contributed by atoms with E-state index in [1.807, 2.05) is 6.92 Å². The third kappa shape index (κ3) is 4.88. The van der Waals surface area contributed by atoms with E-state index < -0.39 is 0 Å². The molecule has 1 aromatic carbocycles. The highest BCUT2D eigenvalue weighted by atomic mass is 16.5. The van der Waals surface area contributed by atoms with E-state index in [0.29, 0.717) is 24.5 Å². The second-order valence-corrected chi connectivity index (χ2v) is 4.32. The van der Waals surface area contributed by atoms with Gasteiger partial charge in [0.2, 0.25) is 0 Å². The summed E-state index contributed by atoms with van der Waals surface area (Å²) in [6.07, 6.45) is 0. The number of carbonyl (C=O) groups excluding carboxylic acids is 1. The van der Waals surface area contributed by atoms with Crippen LogP contribution in [0.5, 0.6) is 5.75 Å². The molecule has 0 saturated carbocycles. The molecule has 2 N–H and O–H groups in total. The van der Waals surface area contributed by atoms with Crippen molar-refractivity contribution in [3.63, 3.8) is 0 Å². The first-order chi connectivity index (χ1) is 9.06.